The lowest BCUT2D eigenvalue weighted by Gasteiger charge is -2.18. The number of hydrogen-bond acceptors (Lipinski definition) is 8. The Bertz CT molecular complexity index is 1410. The number of benzene rings is 2. The van der Waals surface area contributed by atoms with Crippen molar-refractivity contribution in [1.29, 1.82) is 0 Å². The van der Waals surface area contributed by atoms with Gasteiger partial charge in [0.05, 0.1) is 25.4 Å². The van der Waals surface area contributed by atoms with Crippen LogP contribution in [0.15, 0.2) is 48.5 Å². The van der Waals surface area contributed by atoms with Gasteiger partial charge in [-0.25, -0.2) is 19.9 Å². The molecule has 4 aromatic rings. The second kappa shape index (κ2) is 10.2. The average Bonchev–Trinajstić information content (AvgIpc) is 3.46. The molecule has 2 aromatic carbocycles. The summed E-state index contributed by atoms with van der Waals surface area (Å²) in [6.45, 7) is 1.98. The van der Waals surface area contributed by atoms with Crippen LogP contribution in [0.1, 0.15) is 24.5 Å². The molecule has 3 heterocycles. The molecule has 36 heavy (non-hydrogen) atoms. The molecule has 0 aliphatic carbocycles. The van der Waals surface area contributed by atoms with Gasteiger partial charge < -0.3 is 19.3 Å². The standard InChI is InChI=1S/C28H30N6O2/c1-33(2)28-20-9-5-6-10-21(20)29-26(32-28)14-13-25-30-22(18-27(31-25)34-15-7-8-16-34)19-11-12-23(35-3)24(17-19)36-4/h5-6,9-14,17-18H,7-8,15-16H2,1-4H3/b14-13+. The lowest BCUT2D eigenvalue weighted by molar-refractivity contribution is 0.355. The van der Waals surface area contributed by atoms with Crippen LogP contribution < -0.4 is 19.3 Å². The average molecular weight is 483 g/mol. The number of rotatable bonds is 7. The normalized spacial score (nSPS) is 13.5. The minimum Gasteiger partial charge on any atom is -0.493 e. The number of anilines is 2. The van der Waals surface area contributed by atoms with E-state index in [0.717, 1.165) is 46.9 Å². The molecule has 0 N–H and O–H groups in total. The van der Waals surface area contributed by atoms with Crippen molar-refractivity contribution < 1.29 is 9.47 Å². The molecule has 0 spiro atoms. The molecule has 5 rings (SSSR count). The van der Waals surface area contributed by atoms with E-state index in [9.17, 15) is 0 Å². The van der Waals surface area contributed by atoms with Crippen molar-refractivity contribution >= 4 is 34.7 Å². The summed E-state index contributed by atoms with van der Waals surface area (Å²) in [5, 5.41) is 1.02. The van der Waals surface area contributed by atoms with Crippen molar-refractivity contribution in [2.45, 2.75) is 12.8 Å². The first-order valence-corrected chi connectivity index (χ1v) is 12.0. The maximum Gasteiger partial charge on any atom is 0.161 e. The third-order valence-corrected chi connectivity index (χ3v) is 6.24. The Morgan fingerprint density at radius 2 is 1.53 bits per heavy atom. The van der Waals surface area contributed by atoms with E-state index in [0.29, 0.717) is 23.1 Å². The van der Waals surface area contributed by atoms with Gasteiger partial charge >= 0.3 is 0 Å². The van der Waals surface area contributed by atoms with Gasteiger partial charge in [-0.1, -0.05) is 12.1 Å². The van der Waals surface area contributed by atoms with Crippen LogP contribution in [0.4, 0.5) is 11.6 Å². The zero-order chi connectivity index (χ0) is 25.1. The summed E-state index contributed by atoms with van der Waals surface area (Å²) in [4.78, 5) is 23.5. The first-order valence-electron chi connectivity index (χ1n) is 12.0. The molecule has 0 bridgehead atoms. The highest BCUT2D eigenvalue weighted by atomic mass is 16.5. The van der Waals surface area contributed by atoms with Crippen LogP contribution in [0.2, 0.25) is 0 Å². The van der Waals surface area contributed by atoms with E-state index in [4.69, 9.17) is 29.4 Å². The maximum atomic E-state index is 5.52. The maximum absolute atomic E-state index is 5.52. The van der Waals surface area contributed by atoms with Gasteiger partial charge in [0.2, 0.25) is 0 Å². The second-order valence-electron chi connectivity index (χ2n) is 8.88. The molecule has 184 valence electrons. The first kappa shape index (κ1) is 23.5. The molecule has 0 unspecified atom stereocenters. The quantitative estimate of drug-likeness (QED) is 0.367. The number of nitrogens with zero attached hydrogens (tertiary/aromatic N) is 6. The number of fused-ring (bicyclic) bond motifs is 1. The van der Waals surface area contributed by atoms with Gasteiger partial charge in [-0.15, -0.1) is 0 Å². The van der Waals surface area contributed by atoms with E-state index >= 15 is 0 Å². The Morgan fingerprint density at radius 1 is 0.806 bits per heavy atom. The molecule has 2 aromatic heterocycles. The molecular formula is C28H30N6O2. The first-order chi connectivity index (χ1) is 17.6. The second-order valence-corrected chi connectivity index (χ2v) is 8.88. The van der Waals surface area contributed by atoms with E-state index in [1.165, 1.54) is 12.8 Å². The molecule has 8 nitrogen and oxygen atoms in total. The minimum absolute atomic E-state index is 0.604. The van der Waals surface area contributed by atoms with Crippen LogP contribution in [0.25, 0.3) is 34.3 Å². The summed E-state index contributed by atoms with van der Waals surface area (Å²) < 4.78 is 10.9. The highest BCUT2D eigenvalue weighted by Crippen LogP contribution is 2.33. The fraction of sp³-hybridized carbons (Fsp3) is 0.286. The molecule has 0 amide bonds. The number of methoxy groups -OCH3 is 2. The summed E-state index contributed by atoms with van der Waals surface area (Å²) in [5.74, 6) is 4.35. The largest absolute Gasteiger partial charge is 0.493 e. The van der Waals surface area contributed by atoms with E-state index in [1.807, 2.05) is 79.7 Å². The van der Waals surface area contributed by atoms with Crippen LogP contribution in [0.5, 0.6) is 11.5 Å². The van der Waals surface area contributed by atoms with Gasteiger partial charge in [-0.2, -0.15) is 0 Å². The SMILES string of the molecule is COc1ccc(-c2cc(N3CCCC3)nc(/C=C/c3nc(N(C)C)c4ccccc4n3)n2)cc1OC. The Kier molecular flexibility index (Phi) is 6.66. The molecule has 0 radical (unpaired) electrons. The number of ether oxygens (including phenoxy) is 2. The molecule has 1 fully saturated rings. The van der Waals surface area contributed by atoms with E-state index in [1.54, 1.807) is 14.2 Å². The third kappa shape index (κ3) is 4.79. The fourth-order valence-corrected chi connectivity index (χ4v) is 4.42. The summed E-state index contributed by atoms with van der Waals surface area (Å²) in [7, 11) is 7.24. The van der Waals surface area contributed by atoms with Crippen LogP contribution in [-0.2, 0) is 0 Å². The van der Waals surface area contributed by atoms with Crippen LogP contribution >= 0.6 is 0 Å². The van der Waals surface area contributed by atoms with Crippen molar-refractivity contribution in [3.05, 3.63) is 60.2 Å². The highest BCUT2D eigenvalue weighted by molar-refractivity contribution is 5.90. The predicted octanol–water partition coefficient (Wildman–Crippen LogP) is 4.94. The van der Waals surface area contributed by atoms with Crippen molar-refractivity contribution in [3.8, 4) is 22.8 Å². The topological polar surface area (TPSA) is 76.5 Å². The molecule has 1 aliphatic heterocycles. The Balaban J connectivity index is 1.56. The van der Waals surface area contributed by atoms with Crippen molar-refractivity contribution in [3.63, 3.8) is 0 Å². The van der Waals surface area contributed by atoms with Crippen molar-refractivity contribution in [1.82, 2.24) is 19.9 Å². The highest BCUT2D eigenvalue weighted by Gasteiger charge is 2.17. The summed E-state index contributed by atoms with van der Waals surface area (Å²) in [6, 6.07) is 15.9. The number of hydrogen-bond donors (Lipinski definition) is 0. The van der Waals surface area contributed by atoms with Crippen LogP contribution in [0.3, 0.4) is 0 Å². The van der Waals surface area contributed by atoms with Crippen LogP contribution in [0, 0.1) is 0 Å². The summed E-state index contributed by atoms with van der Waals surface area (Å²) >= 11 is 0. The van der Waals surface area contributed by atoms with Gasteiger partial charge in [-0.3, -0.25) is 0 Å². The Hall–Kier alpha value is -4.20. The monoisotopic (exact) mass is 482 g/mol. The summed E-state index contributed by atoms with van der Waals surface area (Å²) in [6.07, 6.45) is 6.09. The molecule has 0 saturated carbocycles. The lowest BCUT2D eigenvalue weighted by Crippen LogP contribution is -2.19. The number of para-hydroxylation sites is 1. The van der Waals surface area contributed by atoms with Gasteiger partial charge in [0.25, 0.3) is 0 Å². The molecular weight excluding hydrogens is 452 g/mol. The third-order valence-electron chi connectivity index (χ3n) is 6.24. The van der Waals surface area contributed by atoms with Gasteiger partial charge in [-0.05, 0) is 55.3 Å². The van der Waals surface area contributed by atoms with Gasteiger partial charge in [0, 0.05) is 44.2 Å². The zero-order valence-corrected chi connectivity index (χ0v) is 21.1. The van der Waals surface area contributed by atoms with Crippen molar-refractivity contribution in [2.75, 3.05) is 51.2 Å². The van der Waals surface area contributed by atoms with Crippen LogP contribution in [-0.4, -0.2) is 61.3 Å². The van der Waals surface area contributed by atoms with Gasteiger partial charge in [0.1, 0.15) is 11.6 Å². The predicted molar refractivity (Wildman–Crippen MR) is 145 cm³/mol. The van der Waals surface area contributed by atoms with E-state index in [-0.39, 0.29) is 0 Å². The molecule has 8 heteroatoms. The minimum atomic E-state index is 0.604. The molecule has 0 atom stereocenters. The lowest BCUT2D eigenvalue weighted by atomic mass is 10.1. The fourth-order valence-electron chi connectivity index (χ4n) is 4.42. The smallest absolute Gasteiger partial charge is 0.161 e. The van der Waals surface area contributed by atoms with Gasteiger partial charge in [0.15, 0.2) is 23.1 Å². The Labute approximate surface area is 211 Å². The Morgan fingerprint density at radius 3 is 2.25 bits per heavy atom. The summed E-state index contributed by atoms with van der Waals surface area (Å²) in [5.41, 5.74) is 2.65. The van der Waals surface area contributed by atoms with Crippen molar-refractivity contribution in [2.24, 2.45) is 0 Å². The molecule has 1 saturated heterocycles. The van der Waals surface area contributed by atoms with E-state index < -0.39 is 0 Å². The molecule has 1 aliphatic rings. The number of aromatic nitrogens is 4. The zero-order valence-electron chi connectivity index (χ0n) is 21.1. The van der Waals surface area contributed by atoms with E-state index in [2.05, 4.69) is 4.90 Å².